The minimum absolute atomic E-state index is 0.366. The van der Waals surface area contributed by atoms with Gasteiger partial charge in [-0.05, 0) is 12.8 Å². The SMILES string of the molecule is O=C1CCC2CN12.O=C1CC[C@H]2CN12. The highest BCUT2D eigenvalue weighted by Gasteiger charge is 2.44. The molecule has 0 aromatic heterocycles. The summed E-state index contributed by atoms with van der Waals surface area (Å²) in [6.07, 6.45) is 3.87. The number of fused-ring (bicyclic) bond motifs is 2. The second-order valence-corrected chi connectivity index (χ2v) is 4.48. The molecule has 0 aliphatic carbocycles. The summed E-state index contributed by atoms with van der Waals surface area (Å²) in [7, 11) is 0. The van der Waals surface area contributed by atoms with Crippen molar-refractivity contribution >= 4 is 11.8 Å². The van der Waals surface area contributed by atoms with Gasteiger partial charge in [-0.1, -0.05) is 0 Å². The molecule has 1 unspecified atom stereocenters. The molecule has 0 aromatic carbocycles. The Morgan fingerprint density at radius 1 is 0.857 bits per heavy atom. The third-order valence-corrected chi connectivity index (χ3v) is 3.45. The molecule has 4 rings (SSSR count). The minimum atomic E-state index is 0.366. The average Bonchev–Trinajstić information content (AvgIpc) is 3.08. The molecule has 76 valence electrons. The zero-order valence-corrected chi connectivity index (χ0v) is 8.11. The third kappa shape index (κ3) is 1.29. The van der Waals surface area contributed by atoms with E-state index in [0.29, 0.717) is 23.9 Å². The maximum absolute atomic E-state index is 10.5. The van der Waals surface area contributed by atoms with Crippen LogP contribution in [0.25, 0.3) is 0 Å². The highest BCUT2D eigenvalue weighted by Crippen LogP contribution is 2.30. The summed E-state index contributed by atoms with van der Waals surface area (Å²) in [5.74, 6) is 0.731. The van der Waals surface area contributed by atoms with E-state index < -0.39 is 0 Å². The Kier molecular flexibility index (Phi) is 1.60. The van der Waals surface area contributed by atoms with E-state index in [1.165, 1.54) is 0 Å². The largest absolute Gasteiger partial charge is 0.336 e. The van der Waals surface area contributed by atoms with Gasteiger partial charge < -0.3 is 9.80 Å². The zero-order valence-electron chi connectivity index (χ0n) is 8.11. The normalized spacial score (nSPS) is 36.3. The molecule has 0 saturated carbocycles. The fourth-order valence-electron chi connectivity index (χ4n) is 2.33. The van der Waals surface area contributed by atoms with E-state index in [1.54, 1.807) is 0 Å². The Hall–Kier alpha value is -1.06. The Labute approximate surface area is 82.8 Å². The lowest BCUT2D eigenvalue weighted by Crippen LogP contribution is -2.02. The van der Waals surface area contributed by atoms with Gasteiger partial charge in [-0.2, -0.15) is 0 Å². The van der Waals surface area contributed by atoms with Crippen LogP contribution in [0.5, 0.6) is 0 Å². The Morgan fingerprint density at radius 2 is 1.29 bits per heavy atom. The summed E-state index contributed by atoms with van der Waals surface area (Å²) in [6, 6.07) is 1.35. The molecule has 4 aliphatic rings. The van der Waals surface area contributed by atoms with Crippen LogP contribution in [-0.2, 0) is 9.59 Å². The molecule has 4 fully saturated rings. The summed E-state index contributed by atoms with van der Waals surface area (Å²) in [6.45, 7) is 2.11. The first-order chi connectivity index (χ1) is 6.75. The number of piperidine rings is 2. The summed E-state index contributed by atoms with van der Waals surface area (Å²) >= 11 is 0. The number of carbonyl (C=O) groups is 2. The van der Waals surface area contributed by atoms with E-state index in [9.17, 15) is 9.59 Å². The lowest BCUT2D eigenvalue weighted by Gasteiger charge is -1.86. The number of rotatable bonds is 0. The first-order valence-electron chi connectivity index (χ1n) is 5.34. The topological polar surface area (TPSA) is 40.2 Å². The van der Waals surface area contributed by atoms with Gasteiger partial charge in [-0.15, -0.1) is 0 Å². The van der Waals surface area contributed by atoms with E-state index in [-0.39, 0.29) is 0 Å². The van der Waals surface area contributed by atoms with Gasteiger partial charge in [0.25, 0.3) is 0 Å². The summed E-state index contributed by atoms with van der Waals surface area (Å²) < 4.78 is 0. The quantitative estimate of drug-likeness (QED) is 0.508. The maximum atomic E-state index is 10.5. The van der Waals surface area contributed by atoms with Crippen molar-refractivity contribution in [2.75, 3.05) is 13.1 Å². The van der Waals surface area contributed by atoms with Crippen molar-refractivity contribution in [3.8, 4) is 0 Å². The number of amides is 2. The van der Waals surface area contributed by atoms with E-state index in [0.717, 1.165) is 38.8 Å². The van der Waals surface area contributed by atoms with Crippen LogP contribution in [0, 0.1) is 0 Å². The number of nitrogens with zero attached hydrogens (tertiary/aromatic N) is 2. The van der Waals surface area contributed by atoms with E-state index in [4.69, 9.17) is 0 Å². The summed E-state index contributed by atoms with van der Waals surface area (Å²) in [5, 5.41) is 0. The Morgan fingerprint density at radius 3 is 1.36 bits per heavy atom. The van der Waals surface area contributed by atoms with Crippen LogP contribution in [-0.4, -0.2) is 46.8 Å². The van der Waals surface area contributed by atoms with Gasteiger partial charge >= 0.3 is 0 Å². The maximum Gasteiger partial charge on any atom is 0.223 e. The molecule has 0 aromatic rings. The van der Waals surface area contributed by atoms with Crippen LogP contribution in [0.2, 0.25) is 0 Å². The van der Waals surface area contributed by atoms with Crippen LogP contribution >= 0.6 is 0 Å². The second-order valence-electron chi connectivity index (χ2n) is 4.48. The smallest absolute Gasteiger partial charge is 0.223 e. The number of hydrogen-bond acceptors (Lipinski definition) is 2. The monoisotopic (exact) mass is 194 g/mol. The van der Waals surface area contributed by atoms with E-state index in [1.807, 2.05) is 9.80 Å². The molecule has 0 spiro atoms. The zero-order chi connectivity index (χ0) is 9.71. The van der Waals surface area contributed by atoms with Gasteiger partial charge in [0.1, 0.15) is 0 Å². The third-order valence-electron chi connectivity index (χ3n) is 3.45. The van der Waals surface area contributed by atoms with Crippen molar-refractivity contribution in [3.05, 3.63) is 0 Å². The van der Waals surface area contributed by atoms with Crippen LogP contribution in [0.1, 0.15) is 25.7 Å². The van der Waals surface area contributed by atoms with Gasteiger partial charge in [-0.3, -0.25) is 9.59 Å². The first-order valence-corrected chi connectivity index (χ1v) is 5.34. The summed E-state index contributed by atoms with van der Waals surface area (Å²) in [4.78, 5) is 24.9. The number of hydrogen-bond donors (Lipinski definition) is 0. The molecule has 0 bridgehead atoms. The van der Waals surface area contributed by atoms with Crippen molar-refractivity contribution < 1.29 is 9.59 Å². The van der Waals surface area contributed by atoms with Crippen LogP contribution in [0.15, 0.2) is 0 Å². The van der Waals surface area contributed by atoms with Gasteiger partial charge in [0.15, 0.2) is 0 Å². The molecule has 2 amide bonds. The molecule has 4 heteroatoms. The van der Waals surface area contributed by atoms with Crippen molar-refractivity contribution in [3.63, 3.8) is 0 Å². The molecule has 4 aliphatic heterocycles. The molecule has 4 nitrogen and oxygen atoms in total. The predicted octanol–water partition coefficient (Wildman–Crippen LogP) is -0.0180. The van der Waals surface area contributed by atoms with Crippen LogP contribution < -0.4 is 0 Å². The highest BCUT2D eigenvalue weighted by molar-refractivity contribution is 5.82. The molecule has 0 N–H and O–H groups in total. The Balaban J connectivity index is 0.0000000914. The fourth-order valence-corrected chi connectivity index (χ4v) is 2.33. The molecule has 14 heavy (non-hydrogen) atoms. The van der Waals surface area contributed by atoms with Crippen molar-refractivity contribution in [1.29, 1.82) is 0 Å². The second kappa shape index (κ2) is 2.72. The van der Waals surface area contributed by atoms with Gasteiger partial charge in [0.2, 0.25) is 11.8 Å². The number of carbonyl (C=O) groups excluding carboxylic acids is 2. The Bertz CT molecular complexity index is 272. The van der Waals surface area contributed by atoms with Crippen LogP contribution in [0.4, 0.5) is 0 Å². The lowest BCUT2D eigenvalue weighted by molar-refractivity contribution is -0.124. The van der Waals surface area contributed by atoms with E-state index >= 15 is 0 Å². The molecule has 2 atom stereocenters. The van der Waals surface area contributed by atoms with Gasteiger partial charge in [0, 0.05) is 38.0 Å². The highest BCUT2D eigenvalue weighted by atomic mass is 16.2. The van der Waals surface area contributed by atoms with E-state index in [2.05, 4.69) is 0 Å². The van der Waals surface area contributed by atoms with Crippen LogP contribution in [0.3, 0.4) is 0 Å². The standard InChI is InChI=1S/2C5H7NO/c2*7-5-2-1-4-3-6(4)5/h2*4H,1-3H2/t4-,6?;/m0./s1. The average molecular weight is 194 g/mol. The van der Waals surface area contributed by atoms with Crippen molar-refractivity contribution in [1.82, 2.24) is 9.80 Å². The van der Waals surface area contributed by atoms with Crippen molar-refractivity contribution in [2.24, 2.45) is 0 Å². The molecule has 0 radical (unpaired) electrons. The summed E-state index contributed by atoms with van der Waals surface area (Å²) in [5.41, 5.74) is 0. The molecular weight excluding hydrogens is 180 g/mol. The predicted molar refractivity (Wildman–Crippen MR) is 49.5 cm³/mol. The van der Waals surface area contributed by atoms with Crippen molar-refractivity contribution in [2.45, 2.75) is 37.8 Å². The first kappa shape index (κ1) is 8.26. The molecular formula is C10H14N2O2. The van der Waals surface area contributed by atoms with Gasteiger partial charge in [0.05, 0.1) is 0 Å². The fraction of sp³-hybridized carbons (Fsp3) is 0.800. The molecule has 4 saturated heterocycles. The minimum Gasteiger partial charge on any atom is -0.336 e. The van der Waals surface area contributed by atoms with Gasteiger partial charge in [-0.25, -0.2) is 0 Å². The molecule has 4 heterocycles. The lowest BCUT2D eigenvalue weighted by atomic mass is 10.3.